The van der Waals surface area contributed by atoms with Crippen LogP contribution in [0.3, 0.4) is 0 Å². The molecule has 1 N–H and O–H groups in total. The highest BCUT2D eigenvalue weighted by atomic mass is 16.6. The van der Waals surface area contributed by atoms with Crippen molar-refractivity contribution in [1.82, 2.24) is 5.32 Å². The summed E-state index contributed by atoms with van der Waals surface area (Å²) in [4.78, 5) is 34.2. The Morgan fingerprint density at radius 3 is 2.39 bits per heavy atom. The lowest BCUT2D eigenvalue weighted by molar-refractivity contribution is -0.159. The first-order valence-electron chi connectivity index (χ1n) is 8.07. The second kappa shape index (κ2) is 12.9. The third-order valence-corrected chi connectivity index (χ3v) is 2.93. The number of carbonyl (C=O) groups is 3. The lowest BCUT2D eigenvalue weighted by Crippen LogP contribution is -2.32. The number of hydrogen-bond acceptors (Lipinski definition) is 6. The molecular weight excluding hydrogens is 302 g/mol. The van der Waals surface area contributed by atoms with E-state index in [0.717, 1.165) is 6.42 Å². The van der Waals surface area contributed by atoms with Crippen molar-refractivity contribution in [2.24, 2.45) is 5.92 Å². The first kappa shape index (κ1) is 21.4. The molecule has 0 radical (unpaired) electrons. The summed E-state index contributed by atoms with van der Waals surface area (Å²) >= 11 is 0. The van der Waals surface area contributed by atoms with Crippen molar-refractivity contribution in [2.75, 3.05) is 26.4 Å². The highest BCUT2D eigenvalue weighted by Gasteiger charge is 2.16. The molecule has 0 aliphatic rings. The molecule has 7 nitrogen and oxygen atoms in total. The molecule has 0 heterocycles. The molecule has 0 rings (SSSR count). The van der Waals surface area contributed by atoms with Gasteiger partial charge in [0.15, 0.2) is 12.7 Å². The molecule has 0 saturated heterocycles. The SMILES string of the molecule is CCOC(=O)CCCNC(=O)COC(=O)C(C)OCCC(C)C. The zero-order valence-electron chi connectivity index (χ0n) is 14.6. The summed E-state index contributed by atoms with van der Waals surface area (Å²) in [5, 5.41) is 2.57. The fourth-order valence-electron chi connectivity index (χ4n) is 1.55. The van der Waals surface area contributed by atoms with E-state index in [1.807, 2.05) is 0 Å². The summed E-state index contributed by atoms with van der Waals surface area (Å²) < 4.78 is 15.0. The number of esters is 2. The van der Waals surface area contributed by atoms with Gasteiger partial charge in [-0.3, -0.25) is 9.59 Å². The van der Waals surface area contributed by atoms with Crippen LogP contribution in [0.15, 0.2) is 0 Å². The minimum atomic E-state index is -0.689. The third-order valence-electron chi connectivity index (χ3n) is 2.93. The standard InChI is InChI=1S/C16H29NO6/c1-5-21-15(19)7-6-9-17-14(18)11-23-16(20)13(4)22-10-8-12(2)3/h12-13H,5-11H2,1-4H3,(H,17,18). The van der Waals surface area contributed by atoms with E-state index in [1.165, 1.54) is 0 Å². The van der Waals surface area contributed by atoms with E-state index in [1.54, 1.807) is 13.8 Å². The Labute approximate surface area is 138 Å². The van der Waals surface area contributed by atoms with E-state index in [0.29, 0.717) is 32.1 Å². The molecule has 0 saturated carbocycles. The monoisotopic (exact) mass is 331 g/mol. The van der Waals surface area contributed by atoms with Crippen molar-refractivity contribution < 1.29 is 28.6 Å². The van der Waals surface area contributed by atoms with Gasteiger partial charge in [-0.25, -0.2) is 4.79 Å². The molecule has 7 heteroatoms. The number of hydrogen-bond donors (Lipinski definition) is 1. The van der Waals surface area contributed by atoms with Gasteiger partial charge in [-0.15, -0.1) is 0 Å². The summed E-state index contributed by atoms with van der Waals surface area (Å²) in [5.41, 5.74) is 0. The predicted molar refractivity (Wildman–Crippen MR) is 84.7 cm³/mol. The molecule has 0 aromatic heterocycles. The van der Waals surface area contributed by atoms with Crippen LogP contribution in [-0.2, 0) is 28.6 Å². The minimum absolute atomic E-state index is 0.245. The van der Waals surface area contributed by atoms with E-state index in [2.05, 4.69) is 19.2 Å². The van der Waals surface area contributed by atoms with Crippen LogP contribution in [0, 0.1) is 5.92 Å². The molecule has 0 aromatic rings. The van der Waals surface area contributed by atoms with Crippen molar-refractivity contribution in [3.8, 4) is 0 Å². The van der Waals surface area contributed by atoms with Crippen molar-refractivity contribution in [1.29, 1.82) is 0 Å². The van der Waals surface area contributed by atoms with Gasteiger partial charge in [-0.2, -0.15) is 0 Å². The van der Waals surface area contributed by atoms with Crippen molar-refractivity contribution >= 4 is 17.8 Å². The van der Waals surface area contributed by atoms with Crippen LogP contribution in [-0.4, -0.2) is 50.3 Å². The Hall–Kier alpha value is -1.63. The summed E-state index contributed by atoms with van der Waals surface area (Å²) in [5.74, 6) is -0.758. The van der Waals surface area contributed by atoms with E-state index in [9.17, 15) is 14.4 Å². The molecule has 0 bridgehead atoms. The van der Waals surface area contributed by atoms with Crippen LogP contribution in [0.25, 0.3) is 0 Å². The zero-order valence-corrected chi connectivity index (χ0v) is 14.6. The van der Waals surface area contributed by atoms with Crippen LogP contribution in [0.2, 0.25) is 0 Å². The fraction of sp³-hybridized carbons (Fsp3) is 0.812. The van der Waals surface area contributed by atoms with Crippen molar-refractivity contribution in [3.05, 3.63) is 0 Å². The Morgan fingerprint density at radius 1 is 1.09 bits per heavy atom. The first-order chi connectivity index (χ1) is 10.9. The second-order valence-corrected chi connectivity index (χ2v) is 5.56. The number of carbonyl (C=O) groups excluding carboxylic acids is 3. The molecule has 23 heavy (non-hydrogen) atoms. The Kier molecular flexibility index (Phi) is 12.0. The summed E-state index contributed by atoms with van der Waals surface area (Å²) in [7, 11) is 0. The largest absolute Gasteiger partial charge is 0.466 e. The van der Waals surface area contributed by atoms with Gasteiger partial charge in [0.2, 0.25) is 0 Å². The quantitative estimate of drug-likeness (QED) is 0.430. The van der Waals surface area contributed by atoms with E-state index in [4.69, 9.17) is 14.2 Å². The molecule has 1 atom stereocenters. The summed E-state index contributed by atoms with van der Waals surface area (Å²) in [6, 6.07) is 0. The minimum Gasteiger partial charge on any atom is -0.466 e. The van der Waals surface area contributed by atoms with Crippen LogP contribution in [0.1, 0.15) is 47.0 Å². The molecule has 1 unspecified atom stereocenters. The van der Waals surface area contributed by atoms with Crippen molar-refractivity contribution in [2.45, 2.75) is 53.1 Å². The maximum absolute atomic E-state index is 11.6. The third kappa shape index (κ3) is 12.6. The van der Waals surface area contributed by atoms with Crippen LogP contribution in [0.5, 0.6) is 0 Å². The highest BCUT2D eigenvalue weighted by Crippen LogP contribution is 2.02. The van der Waals surface area contributed by atoms with Crippen LogP contribution in [0.4, 0.5) is 0 Å². The number of ether oxygens (including phenoxy) is 3. The topological polar surface area (TPSA) is 90.9 Å². The van der Waals surface area contributed by atoms with Gasteiger partial charge in [-0.05, 0) is 32.6 Å². The molecule has 1 amide bonds. The van der Waals surface area contributed by atoms with Gasteiger partial charge in [0, 0.05) is 19.6 Å². The Balaban J connectivity index is 3.71. The van der Waals surface area contributed by atoms with E-state index in [-0.39, 0.29) is 19.0 Å². The Morgan fingerprint density at radius 2 is 1.78 bits per heavy atom. The second-order valence-electron chi connectivity index (χ2n) is 5.56. The maximum atomic E-state index is 11.6. The number of amides is 1. The lowest BCUT2D eigenvalue weighted by Gasteiger charge is -2.13. The van der Waals surface area contributed by atoms with E-state index < -0.39 is 18.0 Å². The van der Waals surface area contributed by atoms with Gasteiger partial charge in [-0.1, -0.05) is 13.8 Å². The van der Waals surface area contributed by atoms with E-state index >= 15 is 0 Å². The van der Waals surface area contributed by atoms with Gasteiger partial charge >= 0.3 is 11.9 Å². The molecule has 0 spiro atoms. The Bertz CT molecular complexity index is 370. The lowest BCUT2D eigenvalue weighted by atomic mass is 10.1. The molecular formula is C16H29NO6. The predicted octanol–water partition coefficient (Wildman–Crippen LogP) is 1.44. The smallest absolute Gasteiger partial charge is 0.335 e. The highest BCUT2D eigenvalue weighted by molar-refractivity contribution is 5.81. The average molecular weight is 331 g/mol. The summed E-state index contributed by atoms with van der Waals surface area (Å²) in [6.07, 6.45) is 0.894. The molecule has 0 aromatic carbocycles. The van der Waals surface area contributed by atoms with Crippen molar-refractivity contribution in [3.63, 3.8) is 0 Å². The van der Waals surface area contributed by atoms with Gasteiger partial charge in [0.1, 0.15) is 0 Å². The average Bonchev–Trinajstić information content (AvgIpc) is 2.49. The fourth-order valence-corrected chi connectivity index (χ4v) is 1.55. The van der Waals surface area contributed by atoms with Gasteiger partial charge in [0.05, 0.1) is 6.61 Å². The molecule has 0 aliphatic carbocycles. The maximum Gasteiger partial charge on any atom is 0.335 e. The molecule has 0 fully saturated rings. The molecule has 134 valence electrons. The van der Waals surface area contributed by atoms with Gasteiger partial charge < -0.3 is 19.5 Å². The number of nitrogens with one attached hydrogen (secondary N) is 1. The number of rotatable bonds is 12. The molecule has 0 aliphatic heterocycles. The van der Waals surface area contributed by atoms with Gasteiger partial charge in [0.25, 0.3) is 5.91 Å². The normalized spacial score (nSPS) is 11.9. The zero-order chi connectivity index (χ0) is 17.7. The summed E-state index contributed by atoms with van der Waals surface area (Å²) in [6.45, 7) is 8.27. The first-order valence-corrected chi connectivity index (χ1v) is 8.07. The van der Waals surface area contributed by atoms with Crippen LogP contribution >= 0.6 is 0 Å². The van der Waals surface area contributed by atoms with Crippen LogP contribution < -0.4 is 5.32 Å².